The van der Waals surface area contributed by atoms with E-state index in [1.54, 1.807) is 0 Å². The minimum Gasteiger partial charge on any atom is -0.478 e. The Kier molecular flexibility index (Phi) is 7.02. The fourth-order valence-corrected chi connectivity index (χ4v) is 3.97. The number of pyridine rings is 1. The van der Waals surface area contributed by atoms with E-state index < -0.39 is 34.8 Å². The highest BCUT2D eigenvalue weighted by Crippen LogP contribution is 2.50. The monoisotopic (exact) mass is 515 g/mol. The SMILES string of the molecule is CC(c1cc(Oc2ccc(Cl)c(C(=O)O)c2)ccc1Cl)C(O)(c1ccc(=O)n(C)c1)C(F)(F)F. The molecule has 11 heteroatoms. The normalized spacial score (nSPS) is 14.4. The number of hydrogen-bond donors (Lipinski definition) is 2. The first-order valence-corrected chi connectivity index (χ1v) is 10.5. The van der Waals surface area contributed by atoms with E-state index in [2.05, 4.69) is 0 Å². The summed E-state index contributed by atoms with van der Waals surface area (Å²) < 4.78 is 49.2. The van der Waals surface area contributed by atoms with Crippen molar-refractivity contribution in [1.29, 1.82) is 0 Å². The molecule has 180 valence electrons. The lowest BCUT2D eigenvalue weighted by Crippen LogP contribution is -2.47. The van der Waals surface area contributed by atoms with E-state index in [1.165, 1.54) is 43.4 Å². The maximum Gasteiger partial charge on any atom is 0.422 e. The van der Waals surface area contributed by atoms with Gasteiger partial charge >= 0.3 is 12.1 Å². The molecule has 2 aromatic carbocycles. The third-order valence-corrected chi connectivity index (χ3v) is 6.10. The van der Waals surface area contributed by atoms with Crippen molar-refractivity contribution in [1.82, 2.24) is 4.57 Å². The van der Waals surface area contributed by atoms with Gasteiger partial charge in [0.1, 0.15) is 11.5 Å². The second kappa shape index (κ2) is 9.32. The zero-order valence-corrected chi connectivity index (χ0v) is 19.2. The lowest BCUT2D eigenvalue weighted by Gasteiger charge is -2.37. The molecule has 0 spiro atoms. The molecule has 0 saturated heterocycles. The molecule has 3 rings (SSSR count). The van der Waals surface area contributed by atoms with Crippen LogP contribution in [0.4, 0.5) is 13.2 Å². The van der Waals surface area contributed by atoms with E-state index >= 15 is 0 Å². The van der Waals surface area contributed by atoms with Crippen molar-refractivity contribution in [2.45, 2.75) is 24.6 Å². The summed E-state index contributed by atoms with van der Waals surface area (Å²) in [5.74, 6) is -2.78. The Morgan fingerprint density at radius 3 is 2.18 bits per heavy atom. The van der Waals surface area contributed by atoms with E-state index in [-0.39, 0.29) is 32.7 Å². The molecule has 3 aromatic rings. The van der Waals surface area contributed by atoms with Gasteiger partial charge in [0.2, 0.25) is 5.56 Å². The summed E-state index contributed by atoms with van der Waals surface area (Å²) in [6, 6.07) is 9.62. The number of carboxylic acids is 1. The molecule has 0 amide bonds. The average Bonchev–Trinajstić information content (AvgIpc) is 2.76. The molecule has 0 aliphatic heterocycles. The highest BCUT2D eigenvalue weighted by Gasteiger charge is 2.59. The van der Waals surface area contributed by atoms with Gasteiger partial charge in [-0.2, -0.15) is 13.2 Å². The molecule has 0 radical (unpaired) electrons. The van der Waals surface area contributed by atoms with Gasteiger partial charge in [0, 0.05) is 35.8 Å². The molecule has 2 unspecified atom stereocenters. The predicted octanol–water partition coefficient (Wildman–Crippen LogP) is 5.74. The van der Waals surface area contributed by atoms with Crippen LogP contribution in [0.25, 0.3) is 0 Å². The van der Waals surface area contributed by atoms with Crippen molar-refractivity contribution in [3.8, 4) is 11.5 Å². The maximum absolute atomic E-state index is 14.2. The Morgan fingerprint density at radius 1 is 1.03 bits per heavy atom. The summed E-state index contributed by atoms with van der Waals surface area (Å²) >= 11 is 12.0. The van der Waals surface area contributed by atoms with Gasteiger partial charge in [0.15, 0.2) is 5.60 Å². The Morgan fingerprint density at radius 2 is 1.62 bits per heavy atom. The first-order chi connectivity index (χ1) is 15.8. The summed E-state index contributed by atoms with van der Waals surface area (Å²) in [6.07, 6.45) is -4.21. The van der Waals surface area contributed by atoms with Gasteiger partial charge in [0.25, 0.3) is 0 Å². The van der Waals surface area contributed by atoms with Crippen LogP contribution in [0, 0.1) is 0 Å². The molecule has 6 nitrogen and oxygen atoms in total. The molecule has 0 aliphatic carbocycles. The van der Waals surface area contributed by atoms with Gasteiger partial charge < -0.3 is 19.5 Å². The van der Waals surface area contributed by atoms with Crippen LogP contribution in [-0.4, -0.2) is 26.9 Å². The first kappa shape index (κ1) is 25.6. The number of aromatic nitrogens is 1. The lowest BCUT2D eigenvalue weighted by atomic mass is 9.78. The molecule has 1 aromatic heterocycles. The molecule has 2 atom stereocenters. The van der Waals surface area contributed by atoms with Crippen LogP contribution in [0.15, 0.2) is 59.5 Å². The van der Waals surface area contributed by atoms with Crippen LogP contribution in [0.5, 0.6) is 11.5 Å². The molecular weight excluding hydrogens is 498 g/mol. The summed E-state index contributed by atoms with van der Waals surface area (Å²) in [7, 11) is 1.27. The smallest absolute Gasteiger partial charge is 0.422 e. The van der Waals surface area contributed by atoms with Crippen LogP contribution in [0.3, 0.4) is 0 Å². The summed E-state index contributed by atoms with van der Waals surface area (Å²) in [6.45, 7) is 1.15. The molecule has 34 heavy (non-hydrogen) atoms. The Balaban J connectivity index is 2.07. The number of carboxylic acid groups (broad SMARTS) is 1. The molecule has 2 N–H and O–H groups in total. The standard InChI is InChI=1S/C23H18Cl2F3NO5/c1-12(22(33,23(26,27)28)13-3-8-20(30)29(2)11-13)16-9-14(4-6-18(16)24)34-15-5-7-19(25)17(10-15)21(31)32/h3-12,33H,1-2H3,(H,31,32). The fourth-order valence-electron chi connectivity index (χ4n) is 3.49. The van der Waals surface area contributed by atoms with E-state index in [0.717, 1.165) is 29.8 Å². The van der Waals surface area contributed by atoms with Crippen molar-refractivity contribution in [3.05, 3.63) is 91.8 Å². The lowest BCUT2D eigenvalue weighted by molar-refractivity contribution is -0.274. The number of rotatable bonds is 6. The van der Waals surface area contributed by atoms with Crippen LogP contribution in [0.2, 0.25) is 10.0 Å². The third kappa shape index (κ3) is 4.77. The molecular formula is C23H18Cl2F3NO5. The number of aromatic carboxylic acids is 1. The van der Waals surface area contributed by atoms with E-state index in [9.17, 15) is 33.0 Å². The average molecular weight is 516 g/mol. The molecule has 0 fully saturated rings. The van der Waals surface area contributed by atoms with Crippen molar-refractivity contribution in [2.75, 3.05) is 0 Å². The van der Waals surface area contributed by atoms with Crippen molar-refractivity contribution in [3.63, 3.8) is 0 Å². The van der Waals surface area contributed by atoms with Crippen LogP contribution in [-0.2, 0) is 12.6 Å². The maximum atomic E-state index is 14.2. The zero-order chi connectivity index (χ0) is 25.4. The van der Waals surface area contributed by atoms with Gasteiger partial charge in [-0.1, -0.05) is 30.1 Å². The second-order valence-corrected chi connectivity index (χ2v) is 8.40. The van der Waals surface area contributed by atoms with Gasteiger partial charge in [-0.15, -0.1) is 0 Å². The minimum atomic E-state index is -5.13. The summed E-state index contributed by atoms with van der Waals surface area (Å²) in [5, 5.41) is 20.1. The van der Waals surface area contributed by atoms with Crippen LogP contribution >= 0.6 is 23.2 Å². The third-order valence-electron chi connectivity index (χ3n) is 5.42. The summed E-state index contributed by atoms with van der Waals surface area (Å²) in [4.78, 5) is 23.0. The predicted molar refractivity (Wildman–Crippen MR) is 120 cm³/mol. The number of alkyl halides is 3. The van der Waals surface area contributed by atoms with E-state index in [1.807, 2.05) is 0 Å². The first-order valence-electron chi connectivity index (χ1n) is 9.72. The number of halogens is 5. The number of benzene rings is 2. The van der Waals surface area contributed by atoms with Crippen molar-refractivity contribution >= 4 is 29.2 Å². The quantitative estimate of drug-likeness (QED) is 0.437. The Labute approximate surface area is 201 Å². The van der Waals surface area contributed by atoms with Gasteiger partial charge in [-0.3, -0.25) is 4.79 Å². The van der Waals surface area contributed by atoms with Crippen LogP contribution in [0.1, 0.15) is 34.3 Å². The van der Waals surface area contributed by atoms with E-state index in [4.69, 9.17) is 27.9 Å². The highest BCUT2D eigenvalue weighted by molar-refractivity contribution is 6.33. The molecule has 0 aliphatic rings. The molecule has 0 bridgehead atoms. The molecule has 1 heterocycles. The number of ether oxygens (including phenoxy) is 1. The van der Waals surface area contributed by atoms with E-state index in [0.29, 0.717) is 0 Å². The van der Waals surface area contributed by atoms with Gasteiger partial charge in [-0.25, -0.2) is 4.79 Å². The number of carbonyl (C=O) groups is 1. The largest absolute Gasteiger partial charge is 0.478 e. The number of aliphatic hydroxyl groups is 1. The second-order valence-electron chi connectivity index (χ2n) is 7.58. The Bertz CT molecular complexity index is 1310. The molecule has 0 saturated carbocycles. The van der Waals surface area contributed by atoms with Crippen LogP contribution < -0.4 is 10.3 Å². The van der Waals surface area contributed by atoms with Crippen molar-refractivity contribution < 1.29 is 32.9 Å². The highest BCUT2D eigenvalue weighted by atomic mass is 35.5. The zero-order valence-electron chi connectivity index (χ0n) is 17.7. The number of aryl methyl sites for hydroxylation is 1. The minimum absolute atomic E-state index is 0.0160. The number of nitrogens with zero attached hydrogens (tertiary/aromatic N) is 1. The summed E-state index contributed by atoms with van der Waals surface area (Å²) in [5.41, 5.74) is -4.78. The fraction of sp³-hybridized carbons (Fsp3) is 0.217. The van der Waals surface area contributed by atoms with Gasteiger partial charge in [0.05, 0.1) is 10.6 Å². The number of hydrogen-bond acceptors (Lipinski definition) is 4. The van der Waals surface area contributed by atoms with Gasteiger partial charge in [-0.05, 0) is 48.0 Å². The Hall–Kier alpha value is -3.01. The van der Waals surface area contributed by atoms with Crippen molar-refractivity contribution in [2.24, 2.45) is 7.05 Å². The topological polar surface area (TPSA) is 88.8 Å².